The molecule has 0 saturated heterocycles. The minimum atomic E-state index is -0.481. The van der Waals surface area contributed by atoms with E-state index in [2.05, 4.69) is 16.4 Å². The number of aromatic nitrogens is 1. The van der Waals surface area contributed by atoms with E-state index in [0.29, 0.717) is 32.5 Å². The third-order valence-corrected chi connectivity index (χ3v) is 5.60. The summed E-state index contributed by atoms with van der Waals surface area (Å²) < 4.78 is 18.6. The molecule has 1 aliphatic rings. The number of nitrogens with one attached hydrogen (secondary N) is 2. The van der Waals surface area contributed by atoms with Crippen LogP contribution in [0.1, 0.15) is 30.4 Å². The Bertz CT molecular complexity index is 1120. The lowest BCUT2D eigenvalue weighted by Gasteiger charge is -2.26. The van der Waals surface area contributed by atoms with Crippen LogP contribution in [0.3, 0.4) is 0 Å². The number of rotatable bonds is 7. The molecule has 0 unspecified atom stereocenters. The van der Waals surface area contributed by atoms with Gasteiger partial charge in [-0.1, -0.05) is 36.4 Å². The van der Waals surface area contributed by atoms with Crippen molar-refractivity contribution in [3.05, 3.63) is 77.7 Å². The predicted octanol–water partition coefficient (Wildman–Crippen LogP) is 4.63. The first-order chi connectivity index (χ1) is 15.6. The van der Waals surface area contributed by atoms with E-state index < -0.39 is 6.09 Å². The molecule has 0 radical (unpaired) electrons. The number of halogens is 1. The highest BCUT2D eigenvalue weighted by Gasteiger charge is 2.19. The Morgan fingerprint density at radius 3 is 2.78 bits per heavy atom. The predicted molar refractivity (Wildman–Crippen MR) is 121 cm³/mol. The van der Waals surface area contributed by atoms with Crippen LogP contribution in [0.5, 0.6) is 0 Å². The monoisotopic (exact) mass is 435 g/mol. The summed E-state index contributed by atoms with van der Waals surface area (Å²) in [7, 11) is 0. The highest BCUT2D eigenvalue weighted by Crippen LogP contribution is 2.29. The van der Waals surface area contributed by atoms with Gasteiger partial charge in [-0.3, -0.25) is 4.79 Å². The standard InChI is InChI=1S/C25H26FN3O3/c26-20-8-9-21-22(16-28-23(21)15-20)19-10-13-29(14-11-19)24(30)7-4-12-27-25(31)32-17-18-5-2-1-3-6-18/h1-3,5-6,8-10,15-16,28H,4,7,11-14,17H2,(H,27,31). The molecule has 2 aromatic carbocycles. The van der Waals surface area contributed by atoms with Crippen molar-refractivity contribution in [2.24, 2.45) is 0 Å². The van der Waals surface area contributed by atoms with Gasteiger partial charge in [0.25, 0.3) is 0 Å². The fourth-order valence-electron chi connectivity index (χ4n) is 3.87. The lowest BCUT2D eigenvalue weighted by Crippen LogP contribution is -2.35. The first-order valence-electron chi connectivity index (χ1n) is 10.8. The number of aromatic amines is 1. The van der Waals surface area contributed by atoms with Gasteiger partial charge in [0, 0.05) is 48.7 Å². The van der Waals surface area contributed by atoms with Crippen LogP contribution in [0.15, 0.2) is 60.8 Å². The van der Waals surface area contributed by atoms with Crippen molar-refractivity contribution in [3.63, 3.8) is 0 Å². The SMILES string of the molecule is O=C(NCCCC(=O)N1CC=C(c2c[nH]c3cc(F)ccc23)CC1)OCc1ccccc1. The molecule has 6 nitrogen and oxygen atoms in total. The molecule has 4 rings (SSSR count). The fraction of sp³-hybridized carbons (Fsp3) is 0.280. The Balaban J connectivity index is 1.19. The molecule has 7 heteroatoms. The molecule has 32 heavy (non-hydrogen) atoms. The molecule has 0 saturated carbocycles. The fourth-order valence-corrected chi connectivity index (χ4v) is 3.87. The van der Waals surface area contributed by atoms with E-state index in [4.69, 9.17) is 4.74 Å². The zero-order valence-corrected chi connectivity index (χ0v) is 17.8. The van der Waals surface area contributed by atoms with Crippen molar-refractivity contribution in [2.45, 2.75) is 25.9 Å². The van der Waals surface area contributed by atoms with Crippen LogP contribution in [-0.4, -0.2) is 41.5 Å². The lowest BCUT2D eigenvalue weighted by molar-refractivity contribution is -0.130. The minimum Gasteiger partial charge on any atom is -0.445 e. The Kier molecular flexibility index (Phi) is 6.84. The van der Waals surface area contributed by atoms with E-state index in [1.165, 1.54) is 12.1 Å². The molecule has 3 aromatic rings. The Hall–Kier alpha value is -3.61. The molecule has 0 fully saturated rings. The van der Waals surface area contributed by atoms with Gasteiger partial charge >= 0.3 is 6.09 Å². The van der Waals surface area contributed by atoms with E-state index >= 15 is 0 Å². The van der Waals surface area contributed by atoms with Crippen LogP contribution in [0.2, 0.25) is 0 Å². The van der Waals surface area contributed by atoms with Gasteiger partial charge in [0.15, 0.2) is 0 Å². The number of H-pyrrole nitrogens is 1. The van der Waals surface area contributed by atoms with Crippen molar-refractivity contribution in [1.82, 2.24) is 15.2 Å². The number of carbonyl (C=O) groups excluding carboxylic acids is 2. The molecular weight excluding hydrogens is 409 g/mol. The topological polar surface area (TPSA) is 74.4 Å². The van der Waals surface area contributed by atoms with Gasteiger partial charge in [-0.05, 0) is 42.2 Å². The highest BCUT2D eigenvalue weighted by atomic mass is 19.1. The largest absolute Gasteiger partial charge is 0.445 e. The van der Waals surface area contributed by atoms with Crippen LogP contribution in [-0.2, 0) is 16.1 Å². The smallest absolute Gasteiger partial charge is 0.407 e. The zero-order chi connectivity index (χ0) is 22.3. The van der Waals surface area contributed by atoms with Crippen LogP contribution >= 0.6 is 0 Å². The molecule has 166 valence electrons. The van der Waals surface area contributed by atoms with Gasteiger partial charge in [0.1, 0.15) is 12.4 Å². The molecule has 2 heterocycles. The van der Waals surface area contributed by atoms with Gasteiger partial charge in [-0.25, -0.2) is 9.18 Å². The Morgan fingerprint density at radius 2 is 2.00 bits per heavy atom. The summed E-state index contributed by atoms with van der Waals surface area (Å²) in [5, 5.41) is 3.67. The second-order valence-electron chi connectivity index (χ2n) is 7.80. The maximum Gasteiger partial charge on any atom is 0.407 e. The number of hydrogen-bond acceptors (Lipinski definition) is 3. The summed E-state index contributed by atoms with van der Waals surface area (Å²) in [4.78, 5) is 29.2. The summed E-state index contributed by atoms with van der Waals surface area (Å²) in [5.41, 5.74) is 3.92. The third-order valence-electron chi connectivity index (χ3n) is 5.60. The van der Waals surface area contributed by atoms with Crippen LogP contribution < -0.4 is 5.32 Å². The van der Waals surface area contributed by atoms with Crippen LogP contribution in [0, 0.1) is 5.82 Å². The third kappa shape index (κ3) is 5.35. The van der Waals surface area contributed by atoms with Crippen molar-refractivity contribution in [3.8, 4) is 0 Å². The van der Waals surface area contributed by atoms with Gasteiger partial charge in [0.05, 0.1) is 0 Å². The molecule has 1 aromatic heterocycles. The molecule has 0 atom stereocenters. The van der Waals surface area contributed by atoms with Crippen molar-refractivity contribution in [2.75, 3.05) is 19.6 Å². The van der Waals surface area contributed by atoms with Gasteiger partial charge in [-0.15, -0.1) is 0 Å². The summed E-state index contributed by atoms with van der Waals surface area (Å²) in [6.45, 7) is 1.80. The molecule has 0 bridgehead atoms. The maximum absolute atomic E-state index is 13.4. The van der Waals surface area contributed by atoms with Gasteiger partial charge in [-0.2, -0.15) is 0 Å². The number of amides is 2. The highest BCUT2D eigenvalue weighted by molar-refractivity contribution is 5.93. The summed E-state index contributed by atoms with van der Waals surface area (Å²) >= 11 is 0. The van der Waals surface area contributed by atoms with Crippen LogP contribution in [0.4, 0.5) is 9.18 Å². The average molecular weight is 435 g/mol. The second-order valence-corrected chi connectivity index (χ2v) is 7.80. The number of hydrogen-bond donors (Lipinski definition) is 2. The van der Waals surface area contributed by atoms with E-state index in [0.717, 1.165) is 34.0 Å². The number of carbonyl (C=O) groups is 2. The lowest BCUT2D eigenvalue weighted by atomic mass is 9.98. The number of benzene rings is 2. The van der Waals surface area contributed by atoms with E-state index in [1.807, 2.05) is 41.4 Å². The first kappa shape index (κ1) is 21.6. The molecule has 0 spiro atoms. The van der Waals surface area contributed by atoms with Crippen molar-refractivity contribution in [1.29, 1.82) is 0 Å². The van der Waals surface area contributed by atoms with E-state index in [1.54, 1.807) is 6.07 Å². The molecule has 0 aliphatic carbocycles. The molecule has 2 amide bonds. The maximum atomic E-state index is 13.4. The van der Waals surface area contributed by atoms with E-state index in [-0.39, 0.29) is 18.3 Å². The average Bonchev–Trinajstić information content (AvgIpc) is 3.24. The van der Waals surface area contributed by atoms with Gasteiger partial charge < -0.3 is 19.9 Å². The minimum absolute atomic E-state index is 0.0701. The number of ether oxygens (including phenoxy) is 1. The second kappa shape index (κ2) is 10.1. The molecule has 2 N–H and O–H groups in total. The van der Waals surface area contributed by atoms with E-state index in [9.17, 15) is 14.0 Å². The van der Waals surface area contributed by atoms with Gasteiger partial charge in [0.2, 0.25) is 5.91 Å². The number of alkyl carbamates (subject to hydrolysis) is 1. The van der Waals surface area contributed by atoms with Crippen molar-refractivity contribution < 1.29 is 18.7 Å². The Labute approximate surface area is 186 Å². The first-order valence-corrected chi connectivity index (χ1v) is 10.8. The number of fused-ring (bicyclic) bond motifs is 1. The van der Waals surface area contributed by atoms with Crippen LogP contribution in [0.25, 0.3) is 16.5 Å². The summed E-state index contributed by atoms with van der Waals surface area (Å²) in [5.74, 6) is -0.194. The summed E-state index contributed by atoms with van der Waals surface area (Å²) in [6.07, 6.45) is 5.16. The van der Waals surface area contributed by atoms with Crippen molar-refractivity contribution >= 4 is 28.5 Å². The molecule has 1 aliphatic heterocycles. The summed E-state index contributed by atoms with van der Waals surface area (Å²) in [6, 6.07) is 14.2. The normalized spacial score (nSPS) is 13.7. The quantitative estimate of drug-likeness (QED) is 0.532. The number of nitrogens with zero attached hydrogens (tertiary/aromatic N) is 1. The molecular formula is C25H26FN3O3. The zero-order valence-electron chi connectivity index (χ0n) is 17.8. The Morgan fingerprint density at radius 1 is 1.16 bits per heavy atom.